The van der Waals surface area contributed by atoms with Crippen molar-refractivity contribution in [1.82, 2.24) is 0 Å². The number of carbonyl (C=O) groups excluding carboxylic acids is 2. The van der Waals surface area contributed by atoms with Gasteiger partial charge in [0.2, 0.25) is 0 Å². The van der Waals surface area contributed by atoms with Gasteiger partial charge in [0.25, 0.3) is 0 Å². The molecule has 1 atom stereocenters. The molecule has 0 bridgehead atoms. The number of hydrogen-bond donors (Lipinski definition) is 0. The highest BCUT2D eigenvalue weighted by Gasteiger charge is 2.14. The molecule has 0 rings (SSSR count). The molecule has 0 aromatic rings. The third-order valence-corrected chi connectivity index (χ3v) is 2.88. The summed E-state index contributed by atoms with van der Waals surface area (Å²) in [4.78, 5) is 22.8. The monoisotopic (exact) mass is 272 g/mol. The Labute approximate surface area is 116 Å². The summed E-state index contributed by atoms with van der Waals surface area (Å²) in [5.41, 5.74) is 0. The van der Waals surface area contributed by atoms with Crippen molar-refractivity contribution >= 4 is 11.9 Å². The van der Waals surface area contributed by atoms with Gasteiger partial charge in [0.15, 0.2) is 0 Å². The Morgan fingerprint density at radius 2 is 1.63 bits per heavy atom. The van der Waals surface area contributed by atoms with E-state index in [9.17, 15) is 9.59 Å². The van der Waals surface area contributed by atoms with Crippen LogP contribution in [0.15, 0.2) is 0 Å². The van der Waals surface area contributed by atoms with E-state index in [0.29, 0.717) is 6.61 Å². The lowest BCUT2D eigenvalue weighted by Crippen LogP contribution is -2.18. The molecule has 0 N–H and O–H groups in total. The number of unbranched alkanes of at least 4 members (excludes halogenated alkanes) is 2. The summed E-state index contributed by atoms with van der Waals surface area (Å²) in [6.45, 7) is 6.51. The first kappa shape index (κ1) is 17.9. The summed E-state index contributed by atoms with van der Waals surface area (Å²) < 4.78 is 10.3. The van der Waals surface area contributed by atoms with Crippen molar-refractivity contribution in [2.75, 3.05) is 6.61 Å². The molecule has 0 fully saturated rings. The molecule has 0 aromatic carbocycles. The van der Waals surface area contributed by atoms with Gasteiger partial charge in [-0.05, 0) is 25.7 Å². The van der Waals surface area contributed by atoms with Crippen LogP contribution in [0.1, 0.15) is 72.1 Å². The van der Waals surface area contributed by atoms with Crippen LogP contribution in [0.3, 0.4) is 0 Å². The van der Waals surface area contributed by atoms with Gasteiger partial charge in [0, 0.05) is 0 Å². The summed E-state index contributed by atoms with van der Waals surface area (Å²) in [7, 11) is 0. The first-order valence-electron chi connectivity index (χ1n) is 7.49. The van der Waals surface area contributed by atoms with Gasteiger partial charge in [-0.15, -0.1) is 0 Å². The van der Waals surface area contributed by atoms with Crippen LogP contribution in [0.2, 0.25) is 0 Å². The van der Waals surface area contributed by atoms with Crippen molar-refractivity contribution in [2.45, 2.75) is 78.2 Å². The Hall–Kier alpha value is -1.06. The first-order valence-corrected chi connectivity index (χ1v) is 7.49. The number of esters is 2. The van der Waals surface area contributed by atoms with Crippen molar-refractivity contribution in [3.8, 4) is 0 Å². The summed E-state index contributed by atoms with van der Waals surface area (Å²) in [6.07, 6.45) is 6.17. The Kier molecular flexibility index (Phi) is 11.3. The van der Waals surface area contributed by atoms with E-state index in [4.69, 9.17) is 9.47 Å². The SMILES string of the molecule is CCCCCC(CC)OC(=O)CCC(=O)OCCC. The fraction of sp³-hybridized carbons (Fsp3) is 0.867. The van der Waals surface area contributed by atoms with Crippen LogP contribution in [0, 0.1) is 0 Å². The summed E-state index contributed by atoms with van der Waals surface area (Å²) >= 11 is 0. The number of ether oxygens (including phenoxy) is 2. The Balaban J connectivity index is 3.77. The Morgan fingerprint density at radius 3 is 2.21 bits per heavy atom. The second-order valence-electron chi connectivity index (χ2n) is 4.74. The van der Waals surface area contributed by atoms with Crippen LogP contribution in [0.5, 0.6) is 0 Å². The molecule has 0 amide bonds. The maximum absolute atomic E-state index is 11.6. The highest BCUT2D eigenvalue weighted by Crippen LogP contribution is 2.11. The molecule has 4 nitrogen and oxygen atoms in total. The molecule has 112 valence electrons. The third kappa shape index (κ3) is 10.5. The highest BCUT2D eigenvalue weighted by atomic mass is 16.5. The summed E-state index contributed by atoms with van der Waals surface area (Å²) in [6, 6.07) is 0. The zero-order chi connectivity index (χ0) is 14.5. The predicted molar refractivity (Wildman–Crippen MR) is 74.8 cm³/mol. The van der Waals surface area contributed by atoms with Gasteiger partial charge in [-0.2, -0.15) is 0 Å². The van der Waals surface area contributed by atoms with Gasteiger partial charge in [-0.25, -0.2) is 0 Å². The smallest absolute Gasteiger partial charge is 0.306 e. The molecule has 0 aliphatic heterocycles. The molecule has 0 saturated carbocycles. The van der Waals surface area contributed by atoms with E-state index >= 15 is 0 Å². The van der Waals surface area contributed by atoms with Crippen molar-refractivity contribution in [3.63, 3.8) is 0 Å². The zero-order valence-corrected chi connectivity index (χ0v) is 12.6. The molecule has 19 heavy (non-hydrogen) atoms. The minimum Gasteiger partial charge on any atom is -0.466 e. The lowest BCUT2D eigenvalue weighted by atomic mass is 10.1. The number of rotatable bonds is 11. The van der Waals surface area contributed by atoms with E-state index in [1.165, 1.54) is 0 Å². The van der Waals surface area contributed by atoms with Gasteiger partial charge in [0.1, 0.15) is 6.10 Å². The lowest BCUT2D eigenvalue weighted by molar-refractivity contribution is -0.154. The van der Waals surface area contributed by atoms with Crippen molar-refractivity contribution in [2.24, 2.45) is 0 Å². The van der Waals surface area contributed by atoms with E-state index in [2.05, 4.69) is 6.92 Å². The minimum absolute atomic E-state index is 0.00860. The molecule has 0 aliphatic carbocycles. The average molecular weight is 272 g/mol. The van der Waals surface area contributed by atoms with E-state index in [-0.39, 0.29) is 30.9 Å². The molecule has 0 spiro atoms. The molecule has 0 aliphatic rings. The number of carbonyl (C=O) groups is 2. The van der Waals surface area contributed by atoms with Crippen LogP contribution in [-0.2, 0) is 19.1 Å². The van der Waals surface area contributed by atoms with Gasteiger partial charge in [0.05, 0.1) is 19.4 Å². The van der Waals surface area contributed by atoms with E-state index < -0.39 is 0 Å². The molecule has 1 unspecified atom stereocenters. The standard InChI is InChI=1S/C15H28O4/c1-4-7-8-9-13(6-3)19-15(17)11-10-14(16)18-12-5-2/h13H,4-12H2,1-3H3. The van der Waals surface area contributed by atoms with Crippen LogP contribution >= 0.6 is 0 Å². The maximum Gasteiger partial charge on any atom is 0.306 e. The van der Waals surface area contributed by atoms with Gasteiger partial charge in [-0.3, -0.25) is 9.59 Å². The largest absolute Gasteiger partial charge is 0.466 e. The highest BCUT2D eigenvalue weighted by molar-refractivity contribution is 5.77. The van der Waals surface area contributed by atoms with Crippen molar-refractivity contribution in [3.05, 3.63) is 0 Å². The molecule has 0 heterocycles. The Morgan fingerprint density at radius 1 is 0.947 bits per heavy atom. The molecule has 0 radical (unpaired) electrons. The van der Waals surface area contributed by atoms with E-state index in [1.807, 2.05) is 13.8 Å². The number of hydrogen-bond acceptors (Lipinski definition) is 4. The zero-order valence-electron chi connectivity index (χ0n) is 12.6. The predicted octanol–water partition coefficient (Wildman–Crippen LogP) is 3.62. The van der Waals surface area contributed by atoms with Crippen LogP contribution in [-0.4, -0.2) is 24.6 Å². The van der Waals surface area contributed by atoms with Crippen molar-refractivity contribution in [1.29, 1.82) is 0 Å². The molecular formula is C15H28O4. The van der Waals surface area contributed by atoms with Gasteiger partial charge in [-0.1, -0.05) is 33.6 Å². The second-order valence-corrected chi connectivity index (χ2v) is 4.74. The molecular weight excluding hydrogens is 244 g/mol. The normalized spacial score (nSPS) is 11.9. The van der Waals surface area contributed by atoms with Crippen LogP contribution in [0.25, 0.3) is 0 Å². The van der Waals surface area contributed by atoms with Gasteiger partial charge >= 0.3 is 11.9 Å². The maximum atomic E-state index is 11.6. The summed E-state index contributed by atoms with van der Waals surface area (Å²) in [5, 5.41) is 0. The van der Waals surface area contributed by atoms with Crippen LogP contribution in [0.4, 0.5) is 0 Å². The van der Waals surface area contributed by atoms with Crippen LogP contribution < -0.4 is 0 Å². The fourth-order valence-corrected chi connectivity index (χ4v) is 1.71. The molecule has 0 saturated heterocycles. The first-order chi connectivity index (χ1) is 9.13. The van der Waals surface area contributed by atoms with E-state index in [1.54, 1.807) is 0 Å². The van der Waals surface area contributed by atoms with Crippen molar-refractivity contribution < 1.29 is 19.1 Å². The topological polar surface area (TPSA) is 52.6 Å². The minimum atomic E-state index is -0.321. The average Bonchev–Trinajstić information content (AvgIpc) is 2.41. The quantitative estimate of drug-likeness (QED) is 0.426. The lowest BCUT2D eigenvalue weighted by Gasteiger charge is -2.15. The fourth-order valence-electron chi connectivity index (χ4n) is 1.71. The summed E-state index contributed by atoms with van der Waals surface area (Å²) in [5.74, 6) is -0.616. The third-order valence-electron chi connectivity index (χ3n) is 2.88. The Bertz CT molecular complexity index is 251. The molecule has 0 aromatic heterocycles. The van der Waals surface area contributed by atoms with Gasteiger partial charge < -0.3 is 9.47 Å². The second kappa shape index (κ2) is 12.0. The van der Waals surface area contributed by atoms with E-state index in [0.717, 1.165) is 38.5 Å². The molecule has 4 heteroatoms.